The number of nitrogens with one attached hydrogen (secondary N) is 2. The van der Waals surface area contributed by atoms with Crippen LogP contribution in [-0.2, 0) is 9.59 Å². The van der Waals surface area contributed by atoms with Crippen molar-refractivity contribution in [2.75, 3.05) is 13.1 Å². The fraction of sp³-hybridized carbons (Fsp3) is 0.429. The Bertz CT molecular complexity index is 489. The maximum atomic E-state index is 11.6. The first-order chi connectivity index (χ1) is 9.95. The van der Waals surface area contributed by atoms with Crippen LogP contribution >= 0.6 is 23.2 Å². The van der Waals surface area contributed by atoms with Gasteiger partial charge in [0.2, 0.25) is 11.8 Å². The van der Waals surface area contributed by atoms with Crippen LogP contribution in [0.2, 0.25) is 10.0 Å². The van der Waals surface area contributed by atoms with Crippen LogP contribution in [0.1, 0.15) is 31.4 Å². The summed E-state index contributed by atoms with van der Waals surface area (Å²) in [5.41, 5.74) is 0.371. The molecule has 0 radical (unpaired) electrons. The summed E-state index contributed by atoms with van der Waals surface area (Å²) in [5, 5.41) is 15.7. The maximum Gasteiger partial charge on any atom is 0.239 e. The molecule has 0 aliphatic heterocycles. The quantitative estimate of drug-likeness (QED) is 0.715. The first kappa shape index (κ1) is 17.8. The fourth-order valence-electron chi connectivity index (χ4n) is 1.70. The lowest BCUT2D eigenvalue weighted by molar-refractivity contribution is -0.126. The second-order valence-electron chi connectivity index (χ2n) is 4.48. The Morgan fingerprint density at radius 3 is 2.38 bits per heavy atom. The van der Waals surface area contributed by atoms with Crippen LogP contribution in [0, 0.1) is 0 Å². The molecule has 116 valence electrons. The Morgan fingerprint density at radius 1 is 1.19 bits per heavy atom. The molecule has 0 aliphatic carbocycles. The van der Waals surface area contributed by atoms with E-state index in [-0.39, 0.29) is 24.9 Å². The van der Waals surface area contributed by atoms with E-state index in [1.165, 1.54) is 0 Å². The van der Waals surface area contributed by atoms with Crippen molar-refractivity contribution in [1.82, 2.24) is 10.6 Å². The first-order valence-corrected chi connectivity index (χ1v) is 7.36. The van der Waals surface area contributed by atoms with Crippen molar-refractivity contribution in [2.45, 2.75) is 25.9 Å². The Morgan fingerprint density at radius 2 is 1.81 bits per heavy atom. The lowest BCUT2D eigenvalue weighted by atomic mass is 10.1. The fourth-order valence-corrected chi connectivity index (χ4v) is 2.35. The largest absolute Gasteiger partial charge is 0.386 e. The number of amides is 2. The zero-order valence-electron chi connectivity index (χ0n) is 11.7. The van der Waals surface area contributed by atoms with Gasteiger partial charge in [-0.15, -0.1) is 0 Å². The molecule has 5 nitrogen and oxygen atoms in total. The monoisotopic (exact) mass is 332 g/mol. The Labute approximate surface area is 133 Å². The highest BCUT2D eigenvalue weighted by molar-refractivity contribution is 6.36. The average Bonchev–Trinajstić information content (AvgIpc) is 2.43. The first-order valence-electron chi connectivity index (χ1n) is 6.61. The molecular weight excluding hydrogens is 315 g/mol. The van der Waals surface area contributed by atoms with Crippen molar-refractivity contribution in [3.63, 3.8) is 0 Å². The van der Waals surface area contributed by atoms with Crippen LogP contribution in [0.5, 0.6) is 0 Å². The van der Waals surface area contributed by atoms with Gasteiger partial charge in [0, 0.05) is 28.6 Å². The van der Waals surface area contributed by atoms with E-state index in [4.69, 9.17) is 23.2 Å². The number of rotatable bonds is 7. The minimum Gasteiger partial charge on any atom is -0.386 e. The minimum absolute atomic E-state index is 0.0358. The molecule has 1 rings (SSSR count). The molecule has 0 aromatic heterocycles. The zero-order valence-corrected chi connectivity index (χ0v) is 13.2. The van der Waals surface area contributed by atoms with Gasteiger partial charge in [-0.2, -0.15) is 0 Å². The van der Waals surface area contributed by atoms with Crippen LogP contribution in [0.3, 0.4) is 0 Å². The summed E-state index contributed by atoms with van der Waals surface area (Å²) in [5.74, 6) is -0.566. The van der Waals surface area contributed by atoms with Crippen LogP contribution < -0.4 is 10.6 Å². The van der Waals surface area contributed by atoms with Crippen LogP contribution in [-0.4, -0.2) is 30.0 Å². The van der Waals surface area contributed by atoms with Gasteiger partial charge in [-0.3, -0.25) is 9.59 Å². The predicted molar refractivity (Wildman–Crippen MR) is 82.3 cm³/mol. The van der Waals surface area contributed by atoms with E-state index >= 15 is 0 Å². The number of hydrogen-bond donors (Lipinski definition) is 3. The van der Waals surface area contributed by atoms with E-state index in [9.17, 15) is 14.7 Å². The Balaban J connectivity index is 2.44. The maximum absolute atomic E-state index is 11.6. The second-order valence-corrected chi connectivity index (χ2v) is 5.30. The third-order valence-corrected chi connectivity index (χ3v) is 3.41. The summed E-state index contributed by atoms with van der Waals surface area (Å²) in [4.78, 5) is 22.8. The topological polar surface area (TPSA) is 78.4 Å². The minimum atomic E-state index is -1.01. The van der Waals surface area contributed by atoms with E-state index in [1.54, 1.807) is 18.2 Å². The van der Waals surface area contributed by atoms with Crippen LogP contribution in [0.15, 0.2) is 18.2 Å². The number of aliphatic hydroxyl groups excluding tert-OH is 1. The number of hydrogen-bond acceptors (Lipinski definition) is 3. The summed E-state index contributed by atoms with van der Waals surface area (Å²) in [6.07, 6.45) is 0.0870. The molecule has 2 amide bonds. The molecule has 0 fully saturated rings. The van der Waals surface area contributed by atoms with Gasteiger partial charge in [0.25, 0.3) is 0 Å². The highest BCUT2D eigenvalue weighted by Crippen LogP contribution is 2.29. The van der Waals surface area contributed by atoms with E-state index in [0.29, 0.717) is 22.0 Å². The molecular formula is C14H18Cl2N2O3. The summed E-state index contributed by atoms with van der Waals surface area (Å²) in [7, 11) is 0. The van der Waals surface area contributed by atoms with Crippen LogP contribution in [0.4, 0.5) is 0 Å². The molecule has 0 bridgehead atoms. The number of benzene rings is 1. The summed E-state index contributed by atoms with van der Waals surface area (Å²) in [6.45, 7) is 1.72. The highest BCUT2D eigenvalue weighted by atomic mass is 35.5. The van der Waals surface area contributed by atoms with Crippen molar-refractivity contribution in [3.05, 3.63) is 33.8 Å². The third-order valence-electron chi connectivity index (χ3n) is 2.75. The molecule has 3 N–H and O–H groups in total. The summed E-state index contributed by atoms with van der Waals surface area (Å²) >= 11 is 11.9. The molecule has 0 heterocycles. The van der Waals surface area contributed by atoms with Gasteiger partial charge in [-0.05, 0) is 18.6 Å². The molecule has 0 aliphatic rings. The van der Waals surface area contributed by atoms with Gasteiger partial charge in [0.15, 0.2) is 0 Å². The van der Waals surface area contributed by atoms with E-state index in [2.05, 4.69) is 10.6 Å². The molecule has 0 saturated carbocycles. The Hall–Kier alpha value is -1.30. The van der Waals surface area contributed by atoms with Crippen LogP contribution in [0.25, 0.3) is 0 Å². The molecule has 0 unspecified atom stereocenters. The molecule has 1 atom stereocenters. The number of halogens is 2. The smallest absolute Gasteiger partial charge is 0.239 e. The van der Waals surface area contributed by atoms with Crippen molar-refractivity contribution in [2.24, 2.45) is 0 Å². The zero-order chi connectivity index (χ0) is 15.8. The molecule has 1 aromatic rings. The molecule has 7 heteroatoms. The number of aliphatic hydroxyl groups is 1. The predicted octanol–water partition coefficient (Wildman–Crippen LogP) is 2.06. The lowest BCUT2D eigenvalue weighted by Crippen LogP contribution is -2.38. The average molecular weight is 333 g/mol. The second kappa shape index (κ2) is 8.87. The highest BCUT2D eigenvalue weighted by Gasteiger charge is 2.16. The number of carbonyl (C=O) groups is 2. The molecule has 0 spiro atoms. The van der Waals surface area contributed by atoms with Crippen molar-refractivity contribution >= 4 is 35.0 Å². The normalized spacial score (nSPS) is 11.8. The molecule has 0 saturated heterocycles. The van der Waals surface area contributed by atoms with Gasteiger partial charge >= 0.3 is 0 Å². The van der Waals surface area contributed by atoms with E-state index in [1.807, 2.05) is 6.92 Å². The van der Waals surface area contributed by atoms with Gasteiger partial charge in [-0.25, -0.2) is 0 Å². The SMILES string of the molecule is CCCC(=O)NCC(=O)NC[C@H](O)c1c(Cl)cccc1Cl. The van der Waals surface area contributed by atoms with Crippen molar-refractivity contribution in [1.29, 1.82) is 0 Å². The third kappa shape index (κ3) is 5.91. The Kier molecular flexibility index (Phi) is 7.50. The van der Waals surface area contributed by atoms with Gasteiger partial charge in [0.1, 0.15) is 0 Å². The summed E-state index contributed by atoms with van der Waals surface area (Å²) < 4.78 is 0. The van der Waals surface area contributed by atoms with Gasteiger partial charge in [0.05, 0.1) is 12.6 Å². The van der Waals surface area contributed by atoms with Crippen molar-refractivity contribution in [3.8, 4) is 0 Å². The number of carbonyl (C=O) groups excluding carboxylic acids is 2. The lowest BCUT2D eigenvalue weighted by Gasteiger charge is -2.15. The van der Waals surface area contributed by atoms with E-state index in [0.717, 1.165) is 6.42 Å². The molecule has 1 aromatic carbocycles. The van der Waals surface area contributed by atoms with Gasteiger partial charge in [-0.1, -0.05) is 36.2 Å². The molecule has 21 heavy (non-hydrogen) atoms. The summed E-state index contributed by atoms with van der Waals surface area (Å²) in [6, 6.07) is 4.89. The van der Waals surface area contributed by atoms with E-state index < -0.39 is 6.10 Å². The van der Waals surface area contributed by atoms with Crippen molar-refractivity contribution < 1.29 is 14.7 Å². The standard InChI is InChI=1S/C14H18Cl2N2O3/c1-2-4-12(20)18-8-13(21)17-7-11(19)14-9(15)5-3-6-10(14)16/h3,5-6,11,19H,2,4,7-8H2,1H3,(H,17,21)(H,18,20)/t11-/m0/s1. The van der Waals surface area contributed by atoms with Gasteiger partial charge < -0.3 is 15.7 Å².